The zero-order valence-corrected chi connectivity index (χ0v) is 13.4. The number of H-pyrrole nitrogens is 1. The van der Waals surface area contributed by atoms with Gasteiger partial charge in [-0.2, -0.15) is 0 Å². The Bertz CT molecular complexity index is 1050. The lowest BCUT2D eigenvalue weighted by atomic mass is 10.1. The Morgan fingerprint density at radius 2 is 1.96 bits per heavy atom. The zero-order chi connectivity index (χ0) is 16.7. The normalized spacial score (nSPS) is 12.6. The molecule has 1 aromatic carbocycles. The number of benzene rings is 1. The number of para-hydroxylation sites is 1. The van der Waals surface area contributed by atoms with Crippen molar-refractivity contribution in [1.82, 2.24) is 24.9 Å². The van der Waals surface area contributed by atoms with Gasteiger partial charge in [-0.1, -0.05) is 24.3 Å². The summed E-state index contributed by atoms with van der Waals surface area (Å²) in [4.78, 5) is 16.0. The molecular formula is C18H17N5O. The van der Waals surface area contributed by atoms with Crippen molar-refractivity contribution in [3.63, 3.8) is 0 Å². The van der Waals surface area contributed by atoms with E-state index in [4.69, 9.17) is 0 Å². The quantitative estimate of drug-likeness (QED) is 0.609. The topological polar surface area (TPSA) is 75.1 Å². The lowest BCUT2D eigenvalue weighted by Crippen LogP contribution is -2.28. The molecule has 0 fully saturated rings. The minimum atomic E-state index is -0.261. The molecule has 0 saturated heterocycles. The Labute approximate surface area is 138 Å². The molecule has 1 amide bonds. The van der Waals surface area contributed by atoms with Crippen molar-refractivity contribution in [3.05, 3.63) is 65.7 Å². The molecule has 4 aromatic rings. The highest BCUT2D eigenvalue weighted by atomic mass is 16.1. The number of hydrogen-bond donors (Lipinski definition) is 2. The van der Waals surface area contributed by atoms with Crippen molar-refractivity contribution >= 4 is 22.5 Å². The van der Waals surface area contributed by atoms with Crippen LogP contribution in [0.15, 0.2) is 48.7 Å². The molecule has 0 aliphatic carbocycles. The summed E-state index contributed by atoms with van der Waals surface area (Å²) in [5.74, 6) is 0.585. The van der Waals surface area contributed by atoms with Crippen LogP contribution < -0.4 is 5.32 Å². The van der Waals surface area contributed by atoms with Crippen LogP contribution in [0.2, 0.25) is 0 Å². The second-order valence-corrected chi connectivity index (χ2v) is 5.85. The summed E-state index contributed by atoms with van der Waals surface area (Å²) >= 11 is 0. The van der Waals surface area contributed by atoms with Gasteiger partial charge in [0.25, 0.3) is 5.91 Å². The molecule has 0 radical (unpaired) electrons. The summed E-state index contributed by atoms with van der Waals surface area (Å²) in [7, 11) is 0. The Morgan fingerprint density at radius 1 is 1.17 bits per heavy atom. The lowest BCUT2D eigenvalue weighted by Gasteiger charge is -2.12. The van der Waals surface area contributed by atoms with E-state index in [1.807, 2.05) is 66.9 Å². The number of aromatic nitrogens is 4. The number of aryl methyl sites for hydroxylation is 1. The molecule has 0 saturated carbocycles. The number of nitrogens with one attached hydrogen (secondary N) is 2. The van der Waals surface area contributed by atoms with Crippen LogP contribution in [-0.2, 0) is 0 Å². The van der Waals surface area contributed by atoms with Crippen LogP contribution in [0.3, 0.4) is 0 Å². The van der Waals surface area contributed by atoms with E-state index in [1.165, 1.54) is 0 Å². The first-order chi connectivity index (χ1) is 11.6. The van der Waals surface area contributed by atoms with E-state index in [2.05, 4.69) is 20.5 Å². The third-order valence-corrected chi connectivity index (χ3v) is 4.20. The van der Waals surface area contributed by atoms with E-state index in [1.54, 1.807) is 0 Å². The van der Waals surface area contributed by atoms with Crippen molar-refractivity contribution < 1.29 is 4.79 Å². The van der Waals surface area contributed by atoms with Crippen LogP contribution >= 0.6 is 0 Å². The minimum absolute atomic E-state index is 0.120. The summed E-state index contributed by atoms with van der Waals surface area (Å²) in [6, 6.07) is 13.2. The van der Waals surface area contributed by atoms with Gasteiger partial charge >= 0.3 is 0 Å². The number of carbonyl (C=O) groups excluding carboxylic acids is 1. The van der Waals surface area contributed by atoms with Gasteiger partial charge in [0.1, 0.15) is 0 Å². The number of pyridine rings is 1. The molecule has 3 heterocycles. The van der Waals surface area contributed by atoms with Gasteiger partial charge in [0.15, 0.2) is 11.5 Å². The van der Waals surface area contributed by atoms with Gasteiger partial charge < -0.3 is 10.3 Å². The van der Waals surface area contributed by atoms with Crippen LogP contribution in [0.1, 0.15) is 34.8 Å². The number of hydrogen-bond acceptors (Lipinski definition) is 3. The van der Waals surface area contributed by atoms with Crippen molar-refractivity contribution in [3.8, 4) is 0 Å². The average Bonchev–Trinajstić information content (AvgIpc) is 3.14. The first-order valence-electron chi connectivity index (χ1n) is 7.83. The minimum Gasteiger partial charge on any atom is -0.358 e. The van der Waals surface area contributed by atoms with Crippen molar-refractivity contribution in [2.75, 3.05) is 0 Å². The molecule has 120 valence electrons. The summed E-state index contributed by atoms with van der Waals surface area (Å²) < 4.78 is 1.88. The maximum absolute atomic E-state index is 12.8. The summed E-state index contributed by atoms with van der Waals surface area (Å²) in [5.41, 5.74) is 3.25. The van der Waals surface area contributed by atoms with Gasteiger partial charge in [-0.15, -0.1) is 10.2 Å². The Morgan fingerprint density at radius 3 is 2.83 bits per heavy atom. The average molecular weight is 319 g/mol. The van der Waals surface area contributed by atoms with E-state index in [9.17, 15) is 4.79 Å². The van der Waals surface area contributed by atoms with Crippen LogP contribution in [0, 0.1) is 6.92 Å². The van der Waals surface area contributed by atoms with Crippen molar-refractivity contribution in [1.29, 1.82) is 0 Å². The van der Waals surface area contributed by atoms with Gasteiger partial charge in [-0.25, -0.2) is 0 Å². The fourth-order valence-corrected chi connectivity index (χ4v) is 3.06. The number of nitrogens with zero attached hydrogens (tertiary/aromatic N) is 3. The molecule has 0 aliphatic heterocycles. The highest BCUT2D eigenvalue weighted by molar-refractivity contribution is 6.08. The highest BCUT2D eigenvalue weighted by Crippen LogP contribution is 2.22. The molecule has 6 nitrogen and oxygen atoms in total. The largest absolute Gasteiger partial charge is 0.358 e. The van der Waals surface area contributed by atoms with Crippen molar-refractivity contribution in [2.45, 2.75) is 19.9 Å². The van der Waals surface area contributed by atoms with Gasteiger partial charge in [0.05, 0.1) is 11.6 Å². The molecule has 6 heteroatoms. The first-order valence-corrected chi connectivity index (χ1v) is 7.83. The SMILES string of the molecule is Cc1[nH]c2ccccc2c1C(=O)NC(C)c1nnc2ccccn12. The lowest BCUT2D eigenvalue weighted by molar-refractivity contribution is 0.0939. The summed E-state index contributed by atoms with van der Waals surface area (Å²) in [6.07, 6.45) is 1.89. The fourth-order valence-electron chi connectivity index (χ4n) is 3.06. The number of fused-ring (bicyclic) bond motifs is 2. The number of carbonyl (C=O) groups is 1. The Kier molecular flexibility index (Phi) is 3.30. The zero-order valence-electron chi connectivity index (χ0n) is 13.4. The Balaban J connectivity index is 1.67. The second kappa shape index (κ2) is 5.49. The fraction of sp³-hybridized carbons (Fsp3) is 0.167. The van der Waals surface area contributed by atoms with Gasteiger partial charge in [0.2, 0.25) is 0 Å². The van der Waals surface area contributed by atoms with Crippen LogP contribution in [0.4, 0.5) is 0 Å². The smallest absolute Gasteiger partial charge is 0.254 e. The molecule has 3 aromatic heterocycles. The van der Waals surface area contributed by atoms with E-state index in [0.29, 0.717) is 11.4 Å². The highest BCUT2D eigenvalue weighted by Gasteiger charge is 2.20. The first kappa shape index (κ1) is 14.4. The van der Waals surface area contributed by atoms with Gasteiger partial charge in [0, 0.05) is 22.8 Å². The third kappa shape index (κ3) is 2.23. The molecule has 0 spiro atoms. The molecular weight excluding hydrogens is 302 g/mol. The summed E-state index contributed by atoms with van der Waals surface area (Å²) in [5, 5.41) is 12.3. The molecule has 2 N–H and O–H groups in total. The number of aromatic amines is 1. The van der Waals surface area contributed by atoms with E-state index >= 15 is 0 Å². The summed E-state index contributed by atoms with van der Waals surface area (Å²) in [6.45, 7) is 3.82. The maximum Gasteiger partial charge on any atom is 0.254 e. The second-order valence-electron chi connectivity index (χ2n) is 5.85. The number of rotatable bonds is 3. The molecule has 4 rings (SSSR count). The van der Waals surface area contributed by atoms with Crippen molar-refractivity contribution in [2.24, 2.45) is 0 Å². The Hall–Kier alpha value is -3.15. The van der Waals surface area contributed by atoms with E-state index < -0.39 is 0 Å². The predicted molar refractivity (Wildman–Crippen MR) is 91.9 cm³/mol. The monoisotopic (exact) mass is 319 g/mol. The third-order valence-electron chi connectivity index (χ3n) is 4.20. The van der Waals surface area contributed by atoms with Gasteiger partial charge in [-0.3, -0.25) is 9.20 Å². The van der Waals surface area contributed by atoms with E-state index in [0.717, 1.165) is 22.2 Å². The molecule has 1 unspecified atom stereocenters. The molecule has 0 bridgehead atoms. The van der Waals surface area contributed by atoms with Crippen LogP contribution in [0.25, 0.3) is 16.6 Å². The van der Waals surface area contributed by atoms with E-state index in [-0.39, 0.29) is 11.9 Å². The van der Waals surface area contributed by atoms with Crippen LogP contribution in [-0.4, -0.2) is 25.5 Å². The molecule has 1 atom stereocenters. The maximum atomic E-state index is 12.8. The number of amides is 1. The molecule has 0 aliphatic rings. The van der Waals surface area contributed by atoms with Crippen LogP contribution in [0.5, 0.6) is 0 Å². The standard InChI is InChI=1S/C18H17N5O/c1-11-16(13-7-3-4-8-14(13)19-11)18(24)20-12(2)17-22-21-15-9-5-6-10-23(15)17/h3-10,12,19H,1-2H3,(H,20,24). The predicted octanol–water partition coefficient (Wildman–Crippen LogP) is 3.01. The molecule has 24 heavy (non-hydrogen) atoms. The van der Waals surface area contributed by atoms with Gasteiger partial charge in [-0.05, 0) is 32.0 Å².